The summed E-state index contributed by atoms with van der Waals surface area (Å²) >= 11 is 0. The molecular formula is C11H22O2S. The van der Waals surface area contributed by atoms with Gasteiger partial charge in [0.05, 0.1) is 5.75 Å². The Bertz CT molecular complexity index is 238. The maximum absolute atomic E-state index is 11.5. The van der Waals surface area contributed by atoms with Crippen LogP contribution in [0.3, 0.4) is 0 Å². The van der Waals surface area contributed by atoms with Gasteiger partial charge in [-0.2, -0.15) is 0 Å². The Kier molecular flexibility index (Phi) is 4.93. The largest absolute Gasteiger partial charge is 0.229 e. The molecule has 1 fully saturated rings. The van der Waals surface area contributed by atoms with Crippen LogP contribution in [0.5, 0.6) is 0 Å². The Morgan fingerprint density at radius 3 is 2.29 bits per heavy atom. The molecule has 1 saturated carbocycles. The summed E-state index contributed by atoms with van der Waals surface area (Å²) < 4.78 is 22.9. The van der Waals surface area contributed by atoms with Crippen molar-refractivity contribution in [3.8, 4) is 0 Å². The molecule has 1 rings (SSSR count). The first-order chi connectivity index (χ1) is 6.64. The van der Waals surface area contributed by atoms with Crippen molar-refractivity contribution < 1.29 is 8.42 Å². The number of sulfone groups is 1. The van der Waals surface area contributed by atoms with Crippen LogP contribution in [-0.2, 0) is 9.84 Å². The van der Waals surface area contributed by atoms with Crippen LogP contribution in [0, 0.1) is 5.92 Å². The number of hydrogen-bond acceptors (Lipinski definition) is 2. The molecule has 0 radical (unpaired) electrons. The van der Waals surface area contributed by atoms with E-state index in [1.54, 1.807) is 0 Å². The van der Waals surface area contributed by atoms with Crippen LogP contribution in [0.2, 0.25) is 0 Å². The fourth-order valence-corrected chi connectivity index (χ4v) is 3.75. The first kappa shape index (κ1) is 12.0. The molecule has 1 aliphatic rings. The van der Waals surface area contributed by atoms with Gasteiger partial charge in [-0.1, -0.05) is 39.0 Å². The smallest absolute Gasteiger partial charge is 0.150 e. The van der Waals surface area contributed by atoms with Gasteiger partial charge in [-0.05, 0) is 18.8 Å². The molecule has 0 aliphatic heterocycles. The summed E-state index contributed by atoms with van der Waals surface area (Å²) in [5.74, 6) is 1.49. The van der Waals surface area contributed by atoms with E-state index in [2.05, 4.69) is 0 Å². The lowest BCUT2D eigenvalue weighted by atomic mass is 9.88. The molecule has 0 aromatic heterocycles. The van der Waals surface area contributed by atoms with E-state index in [1.165, 1.54) is 32.1 Å². The van der Waals surface area contributed by atoms with Crippen molar-refractivity contribution in [2.24, 2.45) is 5.92 Å². The van der Waals surface area contributed by atoms with E-state index in [9.17, 15) is 8.42 Å². The summed E-state index contributed by atoms with van der Waals surface area (Å²) in [6.45, 7) is 1.93. The average molecular weight is 218 g/mol. The van der Waals surface area contributed by atoms with Gasteiger partial charge in [0.1, 0.15) is 9.84 Å². The monoisotopic (exact) mass is 218 g/mol. The van der Waals surface area contributed by atoms with Crippen LogP contribution < -0.4 is 0 Å². The normalized spacial score (nSPS) is 19.8. The molecule has 0 amide bonds. The highest BCUT2D eigenvalue weighted by molar-refractivity contribution is 7.91. The first-order valence-corrected chi connectivity index (χ1v) is 7.66. The molecule has 14 heavy (non-hydrogen) atoms. The van der Waals surface area contributed by atoms with Gasteiger partial charge < -0.3 is 0 Å². The molecule has 3 heteroatoms. The van der Waals surface area contributed by atoms with Crippen LogP contribution in [0.1, 0.15) is 51.9 Å². The Morgan fingerprint density at radius 2 is 1.71 bits per heavy atom. The minimum atomic E-state index is -2.73. The second kappa shape index (κ2) is 5.74. The van der Waals surface area contributed by atoms with Gasteiger partial charge in [0.2, 0.25) is 0 Å². The second-order valence-electron chi connectivity index (χ2n) is 4.44. The van der Waals surface area contributed by atoms with Crippen molar-refractivity contribution in [1.29, 1.82) is 0 Å². The van der Waals surface area contributed by atoms with Crippen molar-refractivity contribution in [2.75, 3.05) is 11.5 Å². The van der Waals surface area contributed by atoms with E-state index in [0.29, 0.717) is 17.4 Å². The zero-order valence-corrected chi connectivity index (χ0v) is 9.98. The summed E-state index contributed by atoms with van der Waals surface area (Å²) in [4.78, 5) is 0. The van der Waals surface area contributed by atoms with Gasteiger partial charge in [-0.3, -0.25) is 0 Å². The van der Waals surface area contributed by atoms with E-state index in [4.69, 9.17) is 0 Å². The molecule has 0 spiro atoms. The van der Waals surface area contributed by atoms with Gasteiger partial charge in [-0.25, -0.2) is 8.42 Å². The van der Waals surface area contributed by atoms with Crippen molar-refractivity contribution in [3.05, 3.63) is 0 Å². The molecule has 2 nitrogen and oxygen atoms in total. The standard InChI is InChI=1S/C11H22O2S/c1-2-9-14(12,13)10-8-11-6-4-3-5-7-11/h11H,2-10H2,1H3. The van der Waals surface area contributed by atoms with E-state index in [-0.39, 0.29) is 0 Å². The predicted molar refractivity (Wildman–Crippen MR) is 60.1 cm³/mol. The summed E-state index contributed by atoms with van der Waals surface area (Å²) in [6.07, 6.45) is 8.12. The van der Waals surface area contributed by atoms with Crippen LogP contribution >= 0.6 is 0 Å². The Hall–Kier alpha value is -0.0500. The van der Waals surface area contributed by atoms with Crippen molar-refractivity contribution >= 4 is 9.84 Å². The van der Waals surface area contributed by atoms with Gasteiger partial charge in [0, 0.05) is 5.75 Å². The topological polar surface area (TPSA) is 34.1 Å². The van der Waals surface area contributed by atoms with E-state index in [1.807, 2.05) is 6.92 Å². The Morgan fingerprint density at radius 1 is 1.07 bits per heavy atom. The average Bonchev–Trinajstić information content (AvgIpc) is 2.17. The molecule has 0 heterocycles. The highest BCUT2D eigenvalue weighted by Gasteiger charge is 2.17. The fraction of sp³-hybridized carbons (Fsp3) is 1.00. The zero-order chi connectivity index (χ0) is 10.4. The molecule has 0 aromatic carbocycles. The number of hydrogen-bond donors (Lipinski definition) is 0. The highest BCUT2D eigenvalue weighted by atomic mass is 32.2. The maximum atomic E-state index is 11.5. The lowest BCUT2D eigenvalue weighted by molar-refractivity contribution is 0.350. The molecule has 0 aromatic rings. The van der Waals surface area contributed by atoms with Gasteiger partial charge >= 0.3 is 0 Å². The van der Waals surface area contributed by atoms with Gasteiger partial charge in [0.25, 0.3) is 0 Å². The van der Waals surface area contributed by atoms with Crippen molar-refractivity contribution in [3.63, 3.8) is 0 Å². The van der Waals surface area contributed by atoms with Crippen molar-refractivity contribution in [1.82, 2.24) is 0 Å². The van der Waals surface area contributed by atoms with E-state index < -0.39 is 9.84 Å². The van der Waals surface area contributed by atoms with Crippen LogP contribution in [0.15, 0.2) is 0 Å². The third-order valence-corrected chi connectivity index (χ3v) is 4.96. The van der Waals surface area contributed by atoms with Crippen LogP contribution in [0.4, 0.5) is 0 Å². The van der Waals surface area contributed by atoms with E-state index in [0.717, 1.165) is 12.8 Å². The maximum Gasteiger partial charge on any atom is 0.150 e. The predicted octanol–water partition coefficient (Wildman–Crippen LogP) is 2.78. The first-order valence-electron chi connectivity index (χ1n) is 5.84. The SMILES string of the molecule is CCCS(=O)(=O)CCC1CCCCC1. The highest BCUT2D eigenvalue weighted by Crippen LogP contribution is 2.26. The third-order valence-electron chi connectivity index (χ3n) is 3.08. The van der Waals surface area contributed by atoms with Gasteiger partial charge in [-0.15, -0.1) is 0 Å². The Balaban J connectivity index is 2.24. The summed E-state index contributed by atoms with van der Waals surface area (Å²) in [6, 6.07) is 0. The van der Waals surface area contributed by atoms with Crippen LogP contribution in [-0.4, -0.2) is 19.9 Å². The summed E-state index contributed by atoms with van der Waals surface area (Å²) in [7, 11) is -2.73. The molecule has 0 N–H and O–H groups in total. The lowest BCUT2D eigenvalue weighted by Gasteiger charge is -2.21. The van der Waals surface area contributed by atoms with E-state index >= 15 is 0 Å². The molecule has 1 aliphatic carbocycles. The van der Waals surface area contributed by atoms with Crippen molar-refractivity contribution in [2.45, 2.75) is 51.9 Å². The summed E-state index contributed by atoms with van der Waals surface area (Å²) in [5, 5.41) is 0. The Labute approximate surface area is 88.0 Å². The summed E-state index contributed by atoms with van der Waals surface area (Å²) in [5.41, 5.74) is 0. The third kappa shape index (κ3) is 4.45. The molecule has 0 bridgehead atoms. The molecule has 0 saturated heterocycles. The molecular weight excluding hydrogens is 196 g/mol. The number of rotatable bonds is 5. The minimum Gasteiger partial charge on any atom is -0.229 e. The van der Waals surface area contributed by atoms with Gasteiger partial charge in [0.15, 0.2) is 0 Å². The fourth-order valence-electron chi connectivity index (χ4n) is 2.24. The molecule has 0 unspecified atom stereocenters. The lowest BCUT2D eigenvalue weighted by Crippen LogP contribution is -2.15. The molecule has 0 atom stereocenters. The quantitative estimate of drug-likeness (QED) is 0.711. The zero-order valence-electron chi connectivity index (χ0n) is 9.17. The molecule has 84 valence electrons. The van der Waals surface area contributed by atoms with Crippen LogP contribution in [0.25, 0.3) is 0 Å². The second-order valence-corrected chi connectivity index (χ2v) is 6.75. The minimum absolute atomic E-state index is 0.375.